The predicted octanol–water partition coefficient (Wildman–Crippen LogP) is 2.64. The van der Waals surface area contributed by atoms with Crippen molar-refractivity contribution in [1.29, 1.82) is 0 Å². The first-order valence-corrected chi connectivity index (χ1v) is 10.5. The minimum absolute atomic E-state index is 0.0525. The number of hydrogen-bond acceptors (Lipinski definition) is 6. The molecule has 2 N–H and O–H groups in total. The van der Waals surface area contributed by atoms with Crippen molar-refractivity contribution in [3.05, 3.63) is 27.3 Å². The van der Waals surface area contributed by atoms with Gasteiger partial charge in [-0.3, -0.25) is 14.2 Å². The normalized spacial score (nSPS) is 17.7. The van der Waals surface area contributed by atoms with Crippen LogP contribution in [0.2, 0.25) is 0 Å². The van der Waals surface area contributed by atoms with Gasteiger partial charge in [-0.1, -0.05) is 6.42 Å². The number of unbranched alkanes of at least 4 members (excludes halogenated alkanes) is 2. The van der Waals surface area contributed by atoms with Crippen LogP contribution < -0.4 is 20.3 Å². The lowest BCUT2D eigenvalue weighted by atomic mass is 10.1. The summed E-state index contributed by atoms with van der Waals surface area (Å²) in [6.07, 6.45) is 5.12. The highest BCUT2D eigenvalue weighted by Gasteiger charge is 2.17. The Bertz CT molecular complexity index is 1010. The highest BCUT2D eigenvalue weighted by atomic mass is 32.1. The number of fused-ring (bicyclic) bond motifs is 2. The van der Waals surface area contributed by atoms with Gasteiger partial charge >= 0.3 is 0 Å². The summed E-state index contributed by atoms with van der Waals surface area (Å²) in [6.45, 7) is 2.05. The third-order valence-corrected chi connectivity index (χ3v) is 5.63. The van der Waals surface area contributed by atoms with E-state index in [1.54, 1.807) is 16.7 Å². The van der Waals surface area contributed by atoms with E-state index in [0.29, 0.717) is 46.7 Å². The van der Waals surface area contributed by atoms with Crippen molar-refractivity contribution in [3.63, 3.8) is 0 Å². The summed E-state index contributed by atoms with van der Waals surface area (Å²) in [6, 6.07) is 3.44. The molecular weight excluding hydrogens is 394 g/mol. The van der Waals surface area contributed by atoms with Crippen molar-refractivity contribution in [2.45, 2.75) is 51.2 Å². The molecule has 3 heterocycles. The molecule has 29 heavy (non-hydrogen) atoms. The van der Waals surface area contributed by atoms with Crippen molar-refractivity contribution in [1.82, 2.24) is 14.9 Å². The zero-order valence-electron chi connectivity index (χ0n) is 16.2. The molecule has 8 nitrogen and oxygen atoms in total. The van der Waals surface area contributed by atoms with Gasteiger partial charge in [0.25, 0.3) is 5.56 Å². The monoisotopic (exact) mass is 419 g/mol. The minimum atomic E-state index is -0.142. The third-order valence-electron chi connectivity index (χ3n) is 5.31. The van der Waals surface area contributed by atoms with Gasteiger partial charge in [-0.05, 0) is 44.0 Å². The number of carbonyl (C=O) groups excluding carboxylic acids is 1. The van der Waals surface area contributed by atoms with Crippen molar-refractivity contribution < 1.29 is 19.0 Å². The summed E-state index contributed by atoms with van der Waals surface area (Å²) in [5.74, 6) is 1.23. The SMILES string of the molecule is O=C(CCCCCn1c(=S)[nH]c2cc3c(cc2c1=O)OCO3)NC[C@H]1CCCO1. The lowest BCUT2D eigenvalue weighted by Crippen LogP contribution is -2.31. The van der Waals surface area contributed by atoms with Crippen LogP contribution >= 0.6 is 12.2 Å². The van der Waals surface area contributed by atoms with Crippen LogP contribution in [0.15, 0.2) is 16.9 Å². The number of carbonyl (C=O) groups is 1. The van der Waals surface area contributed by atoms with Crippen molar-refractivity contribution in [2.24, 2.45) is 0 Å². The molecule has 1 aromatic carbocycles. The molecule has 0 spiro atoms. The first kappa shape index (κ1) is 19.9. The molecule has 0 radical (unpaired) electrons. The summed E-state index contributed by atoms with van der Waals surface area (Å²) >= 11 is 5.36. The number of H-pyrrole nitrogens is 1. The Balaban J connectivity index is 1.28. The molecule has 4 rings (SSSR count). The molecule has 9 heteroatoms. The van der Waals surface area contributed by atoms with Gasteiger partial charge in [0.2, 0.25) is 12.7 Å². The number of nitrogens with one attached hydrogen (secondary N) is 2. The summed E-state index contributed by atoms with van der Waals surface area (Å²) in [4.78, 5) is 27.8. The number of benzene rings is 1. The Morgan fingerprint density at radius 1 is 1.24 bits per heavy atom. The van der Waals surface area contributed by atoms with Gasteiger partial charge < -0.3 is 24.5 Å². The Kier molecular flexibility index (Phi) is 6.15. The van der Waals surface area contributed by atoms with E-state index in [-0.39, 0.29) is 24.4 Å². The summed E-state index contributed by atoms with van der Waals surface area (Å²) < 4.78 is 18.2. The molecule has 2 aliphatic rings. The fourth-order valence-electron chi connectivity index (χ4n) is 3.70. The van der Waals surface area contributed by atoms with Crippen LogP contribution in [0.3, 0.4) is 0 Å². The highest BCUT2D eigenvalue weighted by molar-refractivity contribution is 7.71. The van der Waals surface area contributed by atoms with Crippen LogP contribution in [0.4, 0.5) is 0 Å². The Morgan fingerprint density at radius 3 is 2.86 bits per heavy atom. The lowest BCUT2D eigenvalue weighted by molar-refractivity contribution is -0.121. The fraction of sp³-hybridized carbons (Fsp3) is 0.550. The topological polar surface area (TPSA) is 94.6 Å². The Hall–Kier alpha value is -2.39. The maximum Gasteiger partial charge on any atom is 0.262 e. The molecule has 1 amide bonds. The Morgan fingerprint density at radius 2 is 2.07 bits per heavy atom. The van der Waals surface area contributed by atoms with E-state index < -0.39 is 0 Å². The molecule has 0 bridgehead atoms. The van der Waals surface area contributed by atoms with Crippen LogP contribution in [-0.2, 0) is 16.1 Å². The first-order valence-electron chi connectivity index (χ1n) is 10.1. The molecule has 0 saturated carbocycles. The van der Waals surface area contributed by atoms with Gasteiger partial charge in [-0.15, -0.1) is 0 Å². The maximum absolute atomic E-state index is 12.8. The third kappa shape index (κ3) is 4.62. The van der Waals surface area contributed by atoms with Gasteiger partial charge in [0.05, 0.1) is 17.0 Å². The van der Waals surface area contributed by atoms with Crippen LogP contribution in [0.1, 0.15) is 38.5 Å². The van der Waals surface area contributed by atoms with Crippen LogP contribution in [0.25, 0.3) is 10.9 Å². The molecule has 1 saturated heterocycles. The highest BCUT2D eigenvalue weighted by Crippen LogP contribution is 2.34. The Labute approximate surface area is 173 Å². The van der Waals surface area contributed by atoms with E-state index >= 15 is 0 Å². The van der Waals surface area contributed by atoms with Gasteiger partial charge in [0.1, 0.15) is 0 Å². The fourth-order valence-corrected chi connectivity index (χ4v) is 3.98. The molecule has 0 aliphatic carbocycles. The van der Waals surface area contributed by atoms with Crippen LogP contribution in [-0.4, -0.2) is 41.5 Å². The van der Waals surface area contributed by atoms with Gasteiger partial charge in [0.15, 0.2) is 16.3 Å². The second-order valence-electron chi connectivity index (χ2n) is 7.39. The number of aromatic amines is 1. The molecule has 156 valence electrons. The quantitative estimate of drug-likeness (QED) is 0.505. The number of amides is 1. The van der Waals surface area contributed by atoms with E-state index in [9.17, 15) is 9.59 Å². The number of rotatable bonds is 8. The second kappa shape index (κ2) is 8.96. The smallest absolute Gasteiger partial charge is 0.262 e. The minimum Gasteiger partial charge on any atom is -0.454 e. The summed E-state index contributed by atoms with van der Waals surface area (Å²) in [7, 11) is 0. The number of nitrogens with zero attached hydrogens (tertiary/aromatic N) is 1. The molecule has 2 aliphatic heterocycles. The molecule has 2 aromatic rings. The molecule has 1 fully saturated rings. The van der Waals surface area contributed by atoms with Crippen molar-refractivity contribution in [3.8, 4) is 11.5 Å². The maximum atomic E-state index is 12.8. The molecular formula is C20H25N3O5S. The van der Waals surface area contributed by atoms with Crippen LogP contribution in [0.5, 0.6) is 11.5 Å². The largest absolute Gasteiger partial charge is 0.454 e. The van der Waals surface area contributed by atoms with E-state index in [4.69, 9.17) is 26.4 Å². The summed E-state index contributed by atoms with van der Waals surface area (Å²) in [5.41, 5.74) is 0.500. The molecule has 0 unspecified atom stereocenters. The van der Waals surface area contributed by atoms with Crippen molar-refractivity contribution >= 4 is 29.0 Å². The van der Waals surface area contributed by atoms with E-state index in [1.807, 2.05) is 0 Å². The average molecular weight is 420 g/mol. The average Bonchev–Trinajstić information content (AvgIpc) is 3.38. The second-order valence-corrected chi connectivity index (χ2v) is 7.77. The summed E-state index contributed by atoms with van der Waals surface area (Å²) in [5, 5.41) is 3.45. The van der Waals surface area contributed by atoms with Crippen molar-refractivity contribution in [2.75, 3.05) is 19.9 Å². The van der Waals surface area contributed by atoms with E-state index in [2.05, 4.69) is 10.3 Å². The van der Waals surface area contributed by atoms with Crippen LogP contribution in [0, 0.1) is 4.77 Å². The molecule has 1 atom stereocenters. The molecule has 1 aromatic heterocycles. The predicted molar refractivity (Wildman–Crippen MR) is 110 cm³/mol. The number of aromatic nitrogens is 2. The standard InChI is InChI=1S/C20H25N3O5S/c24-18(21-11-13-5-4-8-26-13)6-2-1-3-7-23-19(25)14-9-16-17(28-12-27-16)10-15(14)22-20(23)29/h9-10,13H,1-8,11-12H2,(H,21,24)(H,22,29)/t13-/m1/s1. The first-order chi connectivity index (χ1) is 14.1. The number of ether oxygens (including phenoxy) is 3. The number of hydrogen-bond donors (Lipinski definition) is 2. The lowest BCUT2D eigenvalue weighted by Gasteiger charge is -2.11. The zero-order valence-corrected chi connectivity index (χ0v) is 17.0. The van der Waals surface area contributed by atoms with E-state index in [1.165, 1.54) is 0 Å². The van der Waals surface area contributed by atoms with E-state index in [0.717, 1.165) is 38.7 Å². The van der Waals surface area contributed by atoms with Gasteiger partial charge in [0, 0.05) is 32.2 Å². The van der Waals surface area contributed by atoms with Gasteiger partial charge in [-0.25, -0.2) is 0 Å². The van der Waals surface area contributed by atoms with Gasteiger partial charge in [-0.2, -0.15) is 0 Å². The zero-order chi connectivity index (χ0) is 20.2.